The summed E-state index contributed by atoms with van der Waals surface area (Å²) in [5.74, 6) is -1.99. The summed E-state index contributed by atoms with van der Waals surface area (Å²) in [5.41, 5.74) is 0. The summed E-state index contributed by atoms with van der Waals surface area (Å²) in [5, 5.41) is 9.77. The fraction of sp³-hybridized carbons (Fsp3) is 0.774. The molecule has 0 spiro atoms. The number of ether oxygens (including phenoxy) is 4. The quantitative estimate of drug-likeness (QED) is 0.0211. The van der Waals surface area contributed by atoms with Gasteiger partial charge in [0.25, 0.3) is 6.29 Å². The highest BCUT2D eigenvalue weighted by atomic mass is 16.7. The van der Waals surface area contributed by atoms with Gasteiger partial charge in [0.2, 0.25) is 0 Å². The fourth-order valence-electron chi connectivity index (χ4n) is 11.3. The second kappa shape index (κ2) is 74.0. The molecule has 0 heterocycles. The number of quaternary nitrogens is 1. The lowest BCUT2D eigenvalue weighted by Crippen LogP contribution is -2.40. The average molecular weight is 1300 g/mol. The van der Waals surface area contributed by atoms with E-state index in [1.165, 1.54) is 244 Å². The number of hydrogen-bond donors (Lipinski definition) is 1. The van der Waals surface area contributed by atoms with Crippen LogP contribution in [0.1, 0.15) is 361 Å². The van der Waals surface area contributed by atoms with E-state index in [9.17, 15) is 19.5 Å². The van der Waals surface area contributed by atoms with Gasteiger partial charge >= 0.3 is 17.9 Å². The lowest BCUT2D eigenvalue weighted by atomic mass is 10.0. The van der Waals surface area contributed by atoms with Crippen LogP contribution >= 0.6 is 0 Å². The number of carbonyl (C=O) groups is 3. The van der Waals surface area contributed by atoms with E-state index in [0.29, 0.717) is 23.9 Å². The first-order valence-corrected chi connectivity index (χ1v) is 39.4. The number of aliphatic carboxylic acids is 1. The van der Waals surface area contributed by atoms with Gasteiger partial charge in [0.05, 0.1) is 34.4 Å². The van der Waals surface area contributed by atoms with Crippen LogP contribution in [0.4, 0.5) is 0 Å². The molecular weight excluding hydrogens is 1150 g/mol. The minimum atomic E-state index is -1.51. The van der Waals surface area contributed by atoms with Gasteiger partial charge in [0.1, 0.15) is 13.2 Å². The predicted octanol–water partition coefficient (Wildman–Crippen LogP) is 25.1. The number of unbranched alkanes of at least 4 members (excludes halogenated alkanes) is 42. The largest absolute Gasteiger partial charge is 0.477 e. The number of carboxylic acids is 1. The summed E-state index contributed by atoms with van der Waals surface area (Å²) in [6.45, 7) is 4.79. The molecular formula is C84H150NO8+. The Morgan fingerprint density at radius 2 is 0.613 bits per heavy atom. The van der Waals surface area contributed by atoms with E-state index in [1.54, 1.807) is 0 Å². The van der Waals surface area contributed by atoms with Crippen LogP contribution in [0.2, 0.25) is 0 Å². The van der Waals surface area contributed by atoms with Gasteiger partial charge in [-0.15, -0.1) is 0 Å². The van der Waals surface area contributed by atoms with E-state index < -0.39 is 24.3 Å². The van der Waals surface area contributed by atoms with Gasteiger partial charge in [-0.05, 0) is 96.3 Å². The molecule has 93 heavy (non-hydrogen) atoms. The van der Waals surface area contributed by atoms with E-state index in [-0.39, 0.29) is 32.2 Å². The van der Waals surface area contributed by atoms with Crippen molar-refractivity contribution in [2.24, 2.45) is 0 Å². The first-order chi connectivity index (χ1) is 45.6. The topological polar surface area (TPSA) is 108 Å². The number of nitrogens with zero attached hydrogens (tertiary/aromatic N) is 1. The predicted molar refractivity (Wildman–Crippen MR) is 401 cm³/mol. The molecule has 0 fully saturated rings. The van der Waals surface area contributed by atoms with Crippen LogP contribution in [-0.4, -0.2) is 87.4 Å². The van der Waals surface area contributed by atoms with Crippen LogP contribution in [0, 0.1) is 0 Å². The van der Waals surface area contributed by atoms with Crippen molar-refractivity contribution in [1.82, 2.24) is 0 Å². The highest BCUT2D eigenvalue weighted by Crippen LogP contribution is 2.19. The molecule has 2 unspecified atom stereocenters. The third-order valence-corrected chi connectivity index (χ3v) is 17.3. The molecule has 0 aliphatic rings. The van der Waals surface area contributed by atoms with E-state index in [2.05, 4.69) is 111 Å². The number of carbonyl (C=O) groups excluding carboxylic acids is 2. The van der Waals surface area contributed by atoms with Gasteiger partial charge in [-0.25, -0.2) is 4.79 Å². The Kier molecular flexibility index (Phi) is 71.0. The number of rotatable bonds is 73. The Morgan fingerprint density at radius 3 is 0.914 bits per heavy atom. The molecule has 0 aliphatic carbocycles. The molecule has 2 atom stereocenters. The summed E-state index contributed by atoms with van der Waals surface area (Å²) in [4.78, 5) is 37.7. The monoisotopic (exact) mass is 1300 g/mol. The highest BCUT2D eigenvalue weighted by molar-refractivity contribution is 5.71. The molecule has 0 aromatic heterocycles. The second-order valence-electron chi connectivity index (χ2n) is 27.6. The number of allylic oxidation sites excluding steroid dienone is 16. The summed E-state index contributed by atoms with van der Waals surface area (Å²) in [7, 11) is 5.99. The Hall–Kier alpha value is -3.79. The zero-order valence-corrected chi connectivity index (χ0v) is 61.7. The van der Waals surface area contributed by atoms with Crippen molar-refractivity contribution in [2.45, 2.75) is 373 Å². The third-order valence-electron chi connectivity index (χ3n) is 17.3. The van der Waals surface area contributed by atoms with Gasteiger partial charge in [0.15, 0.2) is 6.10 Å². The van der Waals surface area contributed by atoms with Crippen molar-refractivity contribution in [3.63, 3.8) is 0 Å². The molecule has 9 heteroatoms. The maximum atomic E-state index is 13.0. The first-order valence-electron chi connectivity index (χ1n) is 39.4. The zero-order valence-electron chi connectivity index (χ0n) is 61.7. The van der Waals surface area contributed by atoms with E-state index in [0.717, 1.165) is 83.5 Å². The van der Waals surface area contributed by atoms with Crippen molar-refractivity contribution >= 4 is 17.9 Å². The van der Waals surface area contributed by atoms with Crippen LogP contribution in [-0.2, 0) is 33.3 Å². The van der Waals surface area contributed by atoms with Crippen molar-refractivity contribution in [3.05, 3.63) is 97.2 Å². The Bertz CT molecular complexity index is 1850. The standard InChI is InChI=1S/C84H149NO8/c1-6-8-10-12-14-16-18-20-22-24-26-28-30-32-34-35-36-37-38-39-40-41-42-43-44-45-46-47-49-50-52-54-56-58-60-62-64-66-68-70-72-74-81(86)91-78-80(79-92-84(83(88)89)90-77-76-85(3,4)5)93-82(87)75-73-71-69-67-65-63-61-59-57-55-53-51-48-33-31-29-27-25-23-21-19-17-15-13-11-9-7-2/h9,11,15,17-18,20-21,23-24,26-27,29-30,32-33,48,80,84H,6-8,10,12-14,16,19,22,25,28,31,34-47,49-79H2,1-5H3/p+1/b11-9-,17-15-,20-18-,23-21-,26-24-,29-27-,32-30-,48-33-. The molecule has 538 valence electrons. The van der Waals surface area contributed by atoms with Crippen LogP contribution < -0.4 is 0 Å². The SMILES string of the molecule is CC/C=C\C/C=C\C/C=C\C/C=C\C/C=C\CCCCCCCCCCCCCC(=O)OC(COC(=O)CCCCCCCCCCCCCCCCCCCCCCCCCCCC/C=C\C/C=C\C/C=C\CCCCCCC)COC(OCC[N+](C)(C)C)C(=O)O. The Balaban J connectivity index is 3.97. The third kappa shape index (κ3) is 75.5. The number of carboxylic acid groups (broad SMARTS) is 1. The van der Waals surface area contributed by atoms with Gasteiger partial charge in [-0.3, -0.25) is 9.59 Å². The van der Waals surface area contributed by atoms with Crippen LogP contribution in [0.25, 0.3) is 0 Å². The van der Waals surface area contributed by atoms with E-state index >= 15 is 0 Å². The highest BCUT2D eigenvalue weighted by Gasteiger charge is 2.25. The number of hydrogen-bond acceptors (Lipinski definition) is 7. The molecule has 0 aromatic carbocycles. The molecule has 1 N–H and O–H groups in total. The average Bonchev–Trinajstić information content (AvgIpc) is 3.38. The lowest BCUT2D eigenvalue weighted by molar-refractivity contribution is -0.870. The molecule has 0 aliphatic heterocycles. The van der Waals surface area contributed by atoms with Gasteiger partial charge in [-0.2, -0.15) is 0 Å². The van der Waals surface area contributed by atoms with Crippen molar-refractivity contribution in [1.29, 1.82) is 0 Å². The number of likely N-dealkylation sites (N-methyl/N-ethyl adjacent to an activating group) is 1. The number of esters is 2. The van der Waals surface area contributed by atoms with Gasteiger partial charge < -0.3 is 28.5 Å². The minimum absolute atomic E-state index is 0.183. The summed E-state index contributed by atoms with van der Waals surface area (Å²) >= 11 is 0. The van der Waals surface area contributed by atoms with Crippen molar-refractivity contribution in [2.75, 3.05) is 47.5 Å². The van der Waals surface area contributed by atoms with Crippen molar-refractivity contribution < 1.29 is 42.9 Å². The van der Waals surface area contributed by atoms with Crippen LogP contribution in [0.5, 0.6) is 0 Å². The van der Waals surface area contributed by atoms with E-state index in [4.69, 9.17) is 18.9 Å². The fourth-order valence-corrected chi connectivity index (χ4v) is 11.3. The molecule has 0 saturated heterocycles. The molecule has 9 nitrogen and oxygen atoms in total. The lowest BCUT2D eigenvalue weighted by Gasteiger charge is -2.25. The first kappa shape index (κ1) is 89.2. The van der Waals surface area contributed by atoms with Gasteiger partial charge in [0, 0.05) is 12.8 Å². The molecule has 0 radical (unpaired) electrons. The summed E-state index contributed by atoms with van der Waals surface area (Å²) in [6, 6.07) is 0. The maximum absolute atomic E-state index is 13.0. The smallest absolute Gasteiger partial charge is 0.361 e. The minimum Gasteiger partial charge on any atom is -0.477 e. The van der Waals surface area contributed by atoms with Crippen molar-refractivity contribution in [3.8, 4) is 0 Å². The molecule has 0 aromatic rings. The molecule has 0 amide bonds. The van der Waals surface area contributed by atoms with Crippen LogP contribution in [0.15, 0.2) is 97.2 Å². The Labute approximate surface area is 575 Å². The zero-order chi connectivity index (χ0) is 67.5. The van der Waals surface area contributed by atoms with Gasteiger partial charge in [-0.1, -0.05) is 349 Å². The molecule has 0 saturated carbocycles. The van der Waals surface area contributed by atoms with Crippen LogP contribution in [0.3, 0.4) is 0 Å². The molecule has 0 rings (SSSR count). The normalized spacial score (nSPS) is 13.2. The summed E-state index contributed by atoms with van der Waals surface area (Å²) < 4.78 is 23.0. The summed E-state index contributed by atoms with van der Waals surface area (Å²) in [6.07, 6.45) is 99.9. The Morgan fingerprint density at radius 1 is 0.333 bits per heavy atom. The van der Waals surface area contributed by atoms with E-state index in [1.807, 2.05) is 21.1 Å². The molecule has 0 bridgehead atoms. The maximum Gasteiger partial charge on any atom is 0.361 e. The second-order valence-corrected chi connectivity index (χ2v) is 27.6.